The van der Waals surface area contributed by atoms with Crippen molar-refractivity contribution in [3.05, 3.63) is 33.3 Å². The van der Waals surface area contributed by atoms with E-state index in [2.05, 4.69) is 46.1 Å². The molecule has 6 heteroatoms. The van der Waals surface area contributed by atoms with Crippen molar-refractivity contribution >= 4 is 52.3 Å². The molecule has 0 saturated carbocycles. The molecule has 0 spiro atoms. The summed E-state index contributed by atoms with van der Waals surface area (Å²) >= 11 is 10.00. The van der Waals surface area contributed by atoms with Crippen LogP contribution in [0.15, 0.2) is 22.7 Å². The minimum Gasteiger partial charge on any atom is -0.314 e. The Morgan fingerprint density at radius 3 is 2.43 bits per heavy atom. The molecule has 1 fully saturated rings. The van der Waals surface area contributed by atoms with E-state index >= 15 is 0 Å². The second-order valence-electron chi connectivity index (χ2n) is 5.60. The first-order chi connectivity index (χ1) is 9.08. The minimum atomic E-state index is 0. The molecule has 0 aromatic heterocycles. The van der Waals surface area contributed by atoms with Crippen LogP contribution in [0, 0.1) is 5.92 Å². The molecule has 0 aliphatic carbocycles. The molecule has 0 unspecified atom stereocenters. The molecule has 0 bridgehead atoms. The fourth-order valence-corrected chi connectivity index (χ4v) is 3.31. The van der Waals surface area contributed by atoms with Gasteiger partial charge >= 0.3 is 0 Å². The van der Waals surface area contributed by atoms with Crippen molar-refractivity contribution in [3.63, 3.8) is 0 Å². The van der Waals surface area contributed by atoms with E-state index in [1.54, 1.807) is 0 Å². The van der Waals surface area contributed by atoms with Gasteiger partial charge in [-0.25, -0.2) is 0 Å². The Kier molecular flexibility index (Phi) is 10.5. The maximum Gasteiger partial charge on any atom is 0.0454 e. The molecule has 1 aromatic carbocycles. The van der Waals surface area contributed by atoms with Gasteiger partial charge in [-0.2, -0.15) is 0 Å². The Labute approximate surface area is 153 Å². The largest absolute Gasteiger partial charge is 0.314 e. The average Bonchev–Trinajstić information content (AvgIpc) is 2.40. The van der Waals surface area contributed by atoms with Crippen molar-refractivity contribution in [2.45, 2.75) is 26.3 Å². The first kappa shape index (κ1) is 21.5. The first-order valence-corrected chi connectivity index (χ1v) is 8.14. The zero-order valence-electron chi connectivity index (χ0n) is 12.4. The highest BCUT2D eigenvalue weighted by molar-refractivity contribution is 9.10. The summed E-state index contributed by atoms with van der Waals surface area (Å²) in [5, 5.41) is 4.30. The Morgan fingerprint density at radius 1 is 1.24 bits per heavy atom. The molecular formula is C15H24BrCl3N2. The second-order valence-corrected chi connectivity index (χ2v) is 6.92. The average molecular weight is 419 g/mol. The van der Waals surface area contributed by atoms with Crippen LogP contribution in [0.3, 0.4) is 0 Å². The number of hydrogen-bond donors (Lipinski definition) is 1. The van der Waals surface area contributed by atoms with Crippen LogP contribution >= 0.6 is 52.3 Å². The number of piperazine rings is 1. The molecule has 122 valence electrons. The van der Waals surface area contributed by atoms with Crippen LogP contribution in [0.2, 0.25) is 5.02 Å². The third-order valence-corrected chi connectivity index (χ3v) is 4.44. The maximum atomic E-state index is 6.43. The van der Waals surface area contributed by atoms with Crippen molar-refractivity contribution in [2.24, 2.45) is 5.92 Å². The van der Waals surface area contributed by atoms with Crippen LogP contribution in [0.5, 0.6) is 0 Å². The van der Waals surface area contributed by atoms with Gasteiger partial charge in [0.1, 0.15) is 0 Å². The first-order valence-electron chi connectivity index (χ1n) is 6.97. The molecule has 1 aliphatic heterocycles. The lowest BCUT2D eigenvalue weighted by atomic mass is 9.95. The number of nitrogens with zero attached hydrogens (tertiary/aromatic N) is 1. The highest BCUT2D eigenvalue weighted by Gasteiger charge is 2.24. The Hall–Kier alpha value is 0.490. The number of rotatable bonds is 4. The van der Waals surface area contributed by atoms with E-state index in [0.29, 0.717) is 12.0 Å². The van der Waals surface area contributed by atoms with E-state index in [-0.39, 0.29) is 24.8 Å². The van der Waals surface area contributed by atoms with Gasteiger partial charge in [0.25, 0.3) is 0 Å². The molecule has 1 aliphatic rings. The summed E-state index contributed by atoms with van der Waals surface area (Å²) in [4.78, 5) is 2.56. The molecule has 0 radical (unpaired) electrons. The molecule has 1 saturated heterocycles. The number of nitrogens with one attached hydrogen (secondary N) is 1. The van der Waals surface area contributed by atoms with Crippen LogP contribution in [-0.2, 0) is 0 Å². The van der Waals surface area contributed by atoms with E-state index < -0.39 is 0 Å². The van der Waals surface area contributed by atoms with Crippen molar-refractivity contribution in [2.75, 3.05) is 26.2 Å². The molecule has 0 amide bonds. The van der Waals surface area contributed by atoms with E-state index in [4.69, 9.17) is 11.6 Å². The zero-order chi connectivity index (χ0) is 13.8. The third-order valence-electron chi connectivity index (χ3n) is 3.60. The summed E-state index contributed by atoms with van der Waals surface area (Å²) in [6.07, 6.45) is 1.15. The highest BCUT2D eigenvalue weighted by Crippen LogP contribution is 2.34. The van der Waals surface area contributed by atoms with Gasteiger partial charge in [-0.05, 0) is 36.1 Å². The normalized spacial score (nSPS) is 17.0. The van der Waals surface area contributed by atoms with Gasteiger partial charge in [0, 0.05) is 41.7 Å². The van der Waals surface area contributed by atoms with Crippen LogP contribution < -0.4 is 5.32 Å². The van der Waals surface area contributed by atoms with Crippen LogP contribution in [0.1, 0.15) is 31.9 Å². The molecule has 1 heterocycles. The maximum absolute atomic E-state index is 6.43. The fourth-order valence-electron chi connectivity index (χ4n) is 2.68. The van der Waals surface area contributed by atoms with Crippen LogP contribution in [0.4, 0.5) is 0 Å². The van der Waals surface area contributed by atoms with E-state index in [9.17, 15) is 0 Å². The lowest BCUT2D eigenvalue weighted by Gasteiger charge is -2.36. The van der Waals surface area contributed by atoms with Gasteiger partial charge in [-0.3, -0.25) is 4.90 Å². The summed E-state index contributed by atoms with van der Waals surface area (Å²) in [6, 6.07) is 6.61. The van der Waals surface area contributed by atoms with Gasteiger partial charge in [0.2, 0.25) is 0 Å². The summed E-state index contributed by atoms with van der Waals surface area (Å²) in [6.45, 7) is 8.89. The Balaban J connectivity index is 0.00000200. The standard InChI is InChI=1S/C15H22BrClN2.2ClH/c1-11(2)9-15(19-7-5-18-6-8-19)13-10-12(16)3-4-14(13)17;;/h3-4,10-11,15,18H,5-9H2,1-2H3;2*1H/t15-;;/m1../s1. The van der Waals surface area contributed by atoms with Crippen LogP contribution in [-0.4, -0.2) is 31.1 Å². The molecular weight excluding hydrogens is 394 g/mol. The highest BCUT2D eigenvalue weighted by atomic mass is 79.9. The fraction of sp³-hybridized carbons (Fsp3) is 0.600. The minimum absolute atomic E-state index is 0. The molecule has 21 heavy (non-hydrogen) atoms. The van der Waals surface area contributed by atoms with E-state index in [1.165, 1.54) is 5.56 Å². The predicted octanol–water partition coefficient (Wildman–Crippen LogP) is 4.94. The van der Waals surface area contributed by atoms with Gasteiger partial charge in [0.15, 0.2) is 0 Å². The smallest absolute Gasteiger partial charge is 0.0454 e. The van der Waals surface area contributed by atoms with Crippen molar-refractivity contribution in [1.82, 2.24) is 10.2 Å². The van der Waals surface area contributed by atoms with Crippen molar-refractivity contribution in [3.8, 4) is 0 Å². The van der Waals surface area contributed by atoms with Gasteiger partial charge in [0.05, 0.1) is 0 Å². The number of hydrogen-bond acceptors (Lipinski definition) is 2. The zero-order valence-corrected chi connectivity index (χ0v) is 16.4. The van der Waals surface area contributed by atoms with Gasteiger partial charge < -0.3 is 5.32 Å². The topological polar surface area (TPSA) is 15.3 Å². The van der Waals surface area contributed by atoms with Gasteiger partial charge in [-0.15, -0.1) is 24.8 Å². The molecule has 2 nitrogen and oxygen atoms in total. The lowest BCUT2D eigenvalue weighted by molar-refractivity contribution is 0.154. The molecule has 2 rings (SSSR count). The quantitative estimate of drug-likeness (QED) is 0.745. The third kappa shape index (κ3) is 6.25. The molecule has 1 N–H and O–H groups in total. The lowest BCUT2D eigenvalue weighted by Crippen LogP contribution is -2.45. The Bertz CT molecular complexity index is 423. The van der Waals surface area contributed by atoms with Gasteiger partial charge in [-0.1, -0.05) is 41.4 Å². The van der Waals surface area contributed by atoms with Crippen molar-refractivity contribution in [1.29, 1.82) is 0 Å². The van der Waals surface area contributed by atoms with E-state index in [0.717, 1.165) is 42.1 Å². The Morgan fingerprint density at radius 2 is 1.86 bits per heavy atom. The van der Waals surface area contributed by atoms with E-state index in [1.807, 2.05) is 12.1 Å². The predicted molar refractivity (Wildman–Crippen MR) is 100 cm³/mol. The van der Waals surface area contributed by atoms with Crippen LogP contribution in [0.25, 0.3) is 0 Å². The molecule has 1 atom stereocenters. The number of halogens is 4. The summed E-state index contributed by atoms with van der Waals surface area (Å²) in [5.41, 5.74) is 1.26. The summed E-state index contributed by atoms with van der Waals surface area (Å²) in [7, 11) is 0. The summed E-state index contributed by atoms with van der Waals surface area (Å²) in [5.74, 6) is 0.662. The number of benzene rings is 1. The molecule has 1 aromatic rings. The SMILES string of the molecule is CC(C)C[C@H](c1cc(Br)ccc1Cl)N1CCNCC1.Cl.Cl. The summed E-state index contributed by atoms with van der Waals surface area (Å²) < 4.78 is 1.11. The second kappa shape index (κ2) is 10.3. The monoisotopic (exact) mass is 416 g/mol. The van der Waals surface area contributed by atoms with Crippen molar-refractivity contribution < 1.29 is 0 Å².